The quantitative estimate of drug-likeness (QED) is 0.734. The van der Waals surface area contributed by atoms with Crippen LogP contribution in [-0.2, 0) is 9.59 Å². The van der Waals surface area contributed by atoms with Gasteiger partial charge in [-0.1, -0.05) is 41.5 Å². The summed E-state index contributed by atoms with van der Waals surface area (Å²) in [4.78, 5) is 21.2. The Bertz CT molecular complexity index is 197. The van der Waals surface area contributed by atoms with E-state index >= 15 is 0 Å². The zero-order chi connectivity index (χ0) is 13.5. The van der Waals surface area contributed by atoms with Gasteiger partial charge in [0, 0.05) is 11.8 Å². The Morgan fingerprint density at radius 3 is 1.00 bits per heavy atom. The Balaban J connectivity index is 0. The standard InChI is InChI=1S/C11H22O.C3H6O/c1-7(2)9(5)11(12)10(6)8(3)4;1-3(2)4/h7-10H,1-6H3;1-2H3. The van der Waals surface area contributed by atoms with Crippen molar-refractivity contribution in [2.24, 2.45) is 23.7 Å². The lowest BCUT2D eigenvalue weighted by Gasteiger charge is -2.21. The van der Waals surface area contributed by atoms with Gasteiger partial charge in [0.25, 0.3) is 0 Å². The average Bonchev–Trinajstić information content (AvgIpc) is 2.13. The van der Waals surface area contributed by atoms with E-state index in [1.165, 1.54) is 13.8 Å². The van der Waals surface area contributed by atoms with Crippen LogP contribution < -0.4 is 0 Å². The molecule has 0 heterocycles. The molecule has 0 radical (unpaired) electrons. The second-order valence-electron chi connectivity index (χ2n) is 5.38. The van der Waals surface area contributed by atoms with Crippen molar-refractivity contribution in [2.75, 3.05) is 0 Å². The Hall–Kier alpha value is -0.660. The Labute approximate surface area is 101 Å². The predicted molar refractivity (Wildman–Crippen MR) is 69.4 cm³/mol. The minimum atomic E-state index is 0.167. The van der Waals surface area contributed by atoms with Crippen LogP contribution in [0.25, 0.3) is 0 Å². The summed E-state index contributed by atoms with van der Waals surface area (Å²) in [5, 5.41) is 0. The molecule has 0 N–H and O–H groups in total. The molecular weight excluding hydrogens is 200 g/mol. The first-order valence-electron chi connectivity index (χ1n) is 6.12. The van der Waals surface area contributed by atoms with Crippen LogP contribution in [0.3, 0.4) is 0 Å². The number of hydrogen-bond donors (Lipinski definition) is 0. The fourth-order valence-corrected chi connectivity index (χ4v) is 1.07. The van der Waals surface area contributed by atoms with Crippen molar-refractivity contribution in [3.05, 3.63) is 0 Å². The average molecular weight is 228 g/mol. The molecule has 0 fully saturated rings. The van der Waals surface area contributed by atoms with E-state index in [9.17, 15) is 9.59 Å². The summed E-state index contributed by atoms with van der Waals surface area (Å²) in [7, 11) is 0. The number of hydrogen-bond acceptors (Lipinski definition) is 2. The summed E-state index contributed by atoms with van der Waals surface area (Å²) in [6.07, 6.45) is 0. The molecule has 16 heavy (non-hydrogen) atoms. The first kappa shape index (κ1) is 17.7. The molecule has 0 bridgehead atoms. The van der Waals surface area contributed by atoms with Gasteiger partial charge in [0.2, 0.25) is 0 Å². The van der Waals surface area contributed by atoms with Gasteiger partial charge in [-0.15, -0.1) is 0 Å². The minimum Gasteiger partial charge on any atom is -0.300 e. The maximum atomic E-state index is 11.7. The maximum absolute atomic E-state index is 11.7. The van der Waals surface area contributed by atoms with Gasteiger partial charge in [-0.2, -0.15) is 0 Å². The van der Waals surface area contributed by atoms with Crippen molar-refractivity contribution < 1.29 is 9.59 Å². The molecule has 0 aliphatic carbocycles. The molecule has 0 saturated carbocycles. The first-order chi connectivity index (χ1) is 7.11. The van der Waals surface area contributed by atoms with E-state index in [1.807, 2.05) is 13.8 Å². The summed E-state index contributed by atoms with van der Waals surface area (Å²) >= 11 is 0. The first-order valence-corrected chi connectivity index (χ1v) is 6.12. The Kier molecular flexibility index (Phi) is 9.40. The smallest absolute Gasteiger partial charge is 0.138 e. The van der Waals surface area contributed by atoms with Crippen molar-refractivity contribution in [2.45, 2.75) is 55.4 Å². The largest absolute Gasteiger partial charge is 0.300 e. The number of carbonyl (C=O) groups is 2. The zero-order valence-corrected chi connectivity index (χ0v) is 12.1. The maximum Gasteiger partial charge on any atom is 0.138 e. The van der Waals surface area contributed by atoms with Crippen LogP contribution in [0.1, 0.15) is 55.4 Å². The normalized spacial score (nSPS) is 14.1. The highest BCUT2D eigenvalue weighted by atomic mass is 16.1. The summed E-state index contributed by atoms with van der Waals surface area (Å²) in [6.45, 7) is 15.5. The van der Waals surface area contributed by atoms with Crippen LogP contribution in [0.15, 0.2) is 0 Å². The zero-order valence-electron chi connectivity index (χ0n) is 12.1. The van der Waals surface area contributed by atoms with Crippen molar-refractivity contribution in [3.8, 4) is 0 Å². The summed E-state index contributed by atoms with van der Waals surface area (Å²) in [5.74, 6) is 1.95. The van der Waals surface area contributed by atoms with E-state index < -0.39 is 0 Å². The number of rotatable bonds is 4. The molecular formula is C14H28O2. The minimum absolute atomic E-state index is 0.167. The third-order valence-electron chi connectivity index (χ3n) is 2.90. The predicted octanol–water partition coefficient (Wildman–Crippen LogP) is 3.74. The molecule has 0 saturated heterocycles. The van der Waals surface area contributed by atoms with Crippen LogP contribution in [0.4, 0.5) is 0 Å². The second-order valence-corrected chi connectivity index (χ2v) is 5.38. The monoisotopic (exact) mass is 228 g/mol. The fourth-order valence-electron chi connectivity index (χ4n) is 1.07. The Morgan fingerprint density at radius 2 is 0.875 bits per heavy atom. The molecule has 0 aliphatic rings. The van der Waals surface area contributed by atoms with Crippen molar-refractivity contribution in [1.82, 2.24) is 0 Å². The van der Waals surface area contributed by atoms with E-state index in [1.54, 1.807) is 0 Å². The second kappa shape index (κ2) is 8.49. The van der Waals surface area contributed by atoms with E-state index in [2.05, 4.69) is 27.7 Å². The van der Waals surface area contributed by atoms with Crippen molar-refractivity contribution in [1.29, 1.82) is 0 Å². The highest BCUT2D eigenvalue weighted by molar-refractivity contribution is 5.83. The molecule has 2 nitrogen and oxygen atoms in total. The summed E-state index contributed by atoms with van der Waals surface area (Å²) in [5.41, 5.74) is 0. The molecule has 0 rings (SSSR count). The van der Waals surface area contributed by atoms with Gasteiger partial charge in [-0.3, -0.25) is 4.79 Å². The van der Waals surface area contributed by atoms with Crippen LogP contribution in [0.5, 0.6) is 0 Å². The lowest BCUT2D eigenvalue weighted by atomic mass is 9.82. The number of carbonyl (C=O) groups excluding carboxylic acids is 2. The number of Topliss-reactive ketones (excluding diaryl/α,β-unsaturated/α-hetero) is 2. The molecule has 0 aromatic heterocycles. The Morgan fingerprint density at radius 1 is 0.688 bits per heavy atom. The third-order valence-corrected chi connectivity index (χ3v) is 2.90. The van der Waals surface area contributed by atoms with Gasteiger partial charge < -0.3 is 4.79 Å². The fraction of sp³-hybridized carbons (Fsp3) is 0.857. The van der Waals surface area contributed by atoms with E-state index in [0.717, 1.165) is 0 Å². The summed E-state index contributed by atoms with van der Waals surface area (Å²) < 4.78 is 0. The van der Waals surface area contributed by atoms with Crippen molar-refractivity contribution in [3.63, 3.8) is 0 Å². The molecule has 96 valence electrons. The molecule has 0 amide bonds. The highest BCUT2D eigenvalue weighted by Gasteiger charge is 2.24. The van der Waals surface area contributed by atoms with E-state index in [4.69, 9.17) is 0 Å². The van der Waals surface area contributed by atoms with E-state index in [-0.39, 0.29) is 17.6 Å². The SMILES string of the molecule is CC(C)=O.CC(C)C(C)C(=O)C(C)C(C)C. The van der Waals surface area contributed by atoms with Gasteiger partial charge in [-0.05, 0) is 25.7 Å². The lowest BCUT2D eigenvalue weighted by molar-refractivity contribution is -0.128. The van der Waals surface area contributed by atoms with Gasteiger partial charge in [0.1, 0.15) is 11.6 Å². The number of ketones is 2. The van der Waals surface area contributed by atoms with Gasteiger partial charge in [0.05, 0.1) is 0 Å². The van der Waals surface area contributed by atoms with Crippen LogP contribution >= 0.6 is 0 Å². The highest BCUT2D eigenvalue weighted by Crippen LogP contribution is 2.20. The molecule has 2 heteroatoms. The molecule has 2 atom stereocenters. The molecule has 0 aromatic carbocycles. The van der Waals surface area contributed by atoms with Gasteiger partial charge >= 0.3 is 0 Å². The van der Waals surface area contributed by atoms with Crippen LogP contribution in [0, 0.1) is 23.7 Å². The van der Waals surface area contributed by atoms with Crippen LogP contribution in [-0.4, -0.2) is 11.6 Å². The third kappa shape index (κ3) is 8.63. The topological polar surface area (TPSA) is 34.1 Å². The van der Waals surface area contributed by atoms with E-state index in [0.29, 0.717) is 17.6 Å². The summed E-state index contributed by atoms with van der Waals surface area (Å²) in [6, 6.07) is 0. The molecule has 0 spiro atoms. The lowest BCUT2D eigenvalue weighted by Crippen LogP contribution is -2.26. The molecule has 2 unspecified atom stereocenters. The van der Waals surface area contributed by atoms with Gasteiger partial charge in [0.15, 0.2) is 0 Å². The van der Waals surface area contributed by atoms with Crippen molar-refractivity contribution >= 4 is 11.6 Å². The molecule has 0 aromatic rings. The van der Waals surface area contributed by atoms with Crippen LogP contribution in [0.2, 0.25) is 0 Å². The molecule has 0 aliphatic heterocycles. The van der Waals surface area contributed by atoms with Gasteiger partial charge in [-0.25, -0.2) is 0 Å².